The zero-order chi connectivity index (χ0) is 22.6. The van der Waals surface area contributed by atoms with Crippen LogP contribution >= 0.6 is 11.6 Å². The number of ether oxygens (including phenoxy) is 1. The molecule has 6 heteroatoms. The molecule has 0 saturated heterocycles. The van der Waals surface area contributed by atoms with E-state index in [1.807, 2.05) is 12.1 Å². The Kier molecular flexibility index (Phi) is 7.58. The van der Waals surface area contributed by atoms with Crippen LogP contribution in [0, 0.1) is 23.5 Å². The van der Waals surface area contributed by atoms with Gasteiger partial charge in [0.1, 0.15) is 17.4 Å². The van der Waals surface area contributed by atoms with Crippen LogP contribution < -0.4 is 10.1 Å². The van der Waals surface area contributed by atoms with Gasteiger partial charge in [0, 0.05) is 29.8 Å². The number of nitrogens with one attached hydrogen (secondary N) is 1. The van der Waals surface area contributed by atoms with Crippen molar-refractivity contribution in [2.45, 2.75) is 58.0 Å². The first-order valence-corrected chi connectivity index (χ1v) is 11.2. The third kappa shape index (κ3) is 6.42. The Morgan fingerprint density at radius 3 is 2.45 bits per heavy atom. The van der Waals surface area contributed by atoms with Crippen molar-refractivity contribution in [3.05, 3.63) is 64.7 Å². The minimum Gasteiger partial charge on any atom is -0.478 e. The summed E-state index contributed by atoms with van der Waals surface area (Å²) in [6.07, 6.45) is 4.59. The topological polar surface area (TPSA) is 38.3 Å². The van der Waals surface area contributed by atoms with Gasteiger partial charge in [-0.25, -0.2) is 8.78 Å². The van der Waals surface area contributed by atoms with Gasteiger partial charge in [-0.05, 0) is 68.6 Å². The monoisotopic (exact) mass is 449 g/mol. The molecule has 0 radical (unpaired) electrons. The fraction of sp³-hybridized carbons (Fsp3) is 0.480. The van der Waals surface area contributed by atoms with E-state index in [2.05, 4.69) is 24.4 Å². The summed E-state index contributed by atoms with van der Waals surface area (Å²) in [6, 6.07) is 11.0. The number of halogens is 3. The lowest BCUT2D eigenvalue weighted by molar-refractivity contribution is -0.134. The van der Waals surface area contributed by atoms with Crippen LogP contribution in [0.25, 0.3) is 0 Å². The molecule has 0 bridgehead atoms. The predicted octanol–water partition coefficient (Wildman–Crippen LogP) is 6.50. The highest BCUT2D eigenvalue weighted by molar-refractivity contribution is 6.30. The van der Waals surface area contributed by atoms with Crippen molar-refractivity contribution in [1.82, 2.24) is 5.32 Å². The predicted molar refractivity (Wildman–Crippen MR) is 119 cm³/mol. The van der Waals surface area contributed by atoms with Gasteiger partial charge in [-0.15, -0.1) is 0 Å². The Bertz CT molecular complexity index is 881. The first kappa shape index (κ1) is 23.5. The van der Waals surface area contributed by atoms with E-state index in [0.717, 1.165) is 29.6 Å². The molecule has 1 aliphatic carbocycles. The Labute approximate surface area is 188 Å². The summed E-state index contributed by atoms with van der Waals surface area (Å²) in [6.45, 7) is 5.83. The van der Waals surface area contributed by atoms with E-state index in [-0.39, 0.29) is 11.7 Å². The molecule has 168 valence electrons. The second-order valence-electron chi connectivity index (χ2n) is 9.12. The van der Waals surface area contributed by atoms with Crippen LogP contribution in [0.15, 0.2) is 42.5 Å². The average molecular weight is 450 g/mol. The van der Waals surface area contributed by atoms with Crippen LogP contribution in [0.1, 0.15) is 57.9 Å². The second kappa shape index (κ2) is 9.99. The lowest BCUT2D eigenvalue weighted by Gasteiger charge is -2.27. The molecule has 3 nitrogen and oxygen atoms in total. The zero-order valence-corrected chi connectivity index (χ0v) is 19.0. The van der Waals surface area contributed by atoms with Gasteiger partial charge in [-0.3, -0.25) is 4.79 Å². The number of rotatable bonds is 8. The lowest BCUT2D eigenvalue weighted by Crippen LogP contribution is -2.47. The molecule has 3 rings (SSSR count). The van der Waals surface area contributed by atoms with E-state index < -0.39 is 17.2 Å². The zero-order valence-electron chi connectivity index (χ0n) is 18.3. The molecule has 1 saturated carbocycles. The normalized spacial score (nSPS) is 19.8. The quantitative estimate of drug-likeness (QED) is 0.499. The average Bonchev–Trinajstić information content (AvgIpc) is 3.13. The Balaban J connectivity index is 1.52. The van der Waals surface area contributed by atoms with Gasteiger partial charge in [0.05, 0.1) is 0 Å². The maximum atomic E-state index is 13.4. The SMILES string of the molecule is CC(CNC(=O)C(C)(C)Oc1cc(F)cc(F)c1)CC1CCCC1c1ccc(Cl)cc1. The fourth-order valence-electron chi connectivity index (χ4n) is 4.48. The van der Waals surface area contributed by atoms with Crippen molar-refractivity contribution in [2.24, 2.45) is 11.8 Å². The number of benzene rings is 2. The third-order valence-corrected chi connectivity index (χ3v) is 6.28. The van der Waals surface area contributed by atoms with Gasteiger partial charge in [0.2, 0.25) is 0 Å². The summed E-state index contributed by atoms with van der Waals surface area (Å²) in [4.78, 5) is 12.7. The number of amides is 1. The van der Waals surface area contributed by atoms with Crippen LogP contribution in [0.5, 0.6) is 5.75 Å². The van der Waals surface area contributed by atoms with E-state index in [4.69, 9.17) is 16.3 Å². The summed E-state index contributed by atoms with van der Waals surface area (Å²) in [7, 11) is 0. The van der Waals surface area contributed by atoms with Gasteiger partial charge in [0.15, 0.2) is 5.60 Å². The van der Waals surface area contributed by atoms with E-state index >= 15 is 0 Å². The molecule has 1 aliphatic rings. The molecular formula is C25H30ClF2NO2. The van der Waals surface area contributed by atoms with Crippen LogP contribution in [0.3, 0.4) is 0 Å². The Morgan fingerprint density at radius 2 is 1.81 bits per heavy atom. The van der Waals surface area contributed by atoms with Gasteiger partial charge < -0.3 is 10.1 Å². The molecule has 0 heterocycles. The van der Waals surface area contributed by atoms with Crippen molar-refractivity contribution < 1.29 is 18.3 Å². The molecule has 2 aromatic carbocycles. The molecule has 0 aliphatic heterocycles. The molecule has 1 amide bonds. The second-order valence-corrected chi connectivity index (χ2v) is 9.55. The smallest absolute Gasteiger partial charge is 0.263 e. The molecule has 2 aromatic rings. The van der Waals surface area contributed by atoms with Crippen molar-refractivity contribution in [3.8, 4) is 5.75 Å². The Morgan fingerprint density at radius 1 is 1.16 bits per heavy atom. The largest absolute Gasteiger partial charge is 0.478 e. The summed E-state index contributed by atoms with van der Waals surface area (Å²) in [5.74, 6) is -0.416. The maximum absolute atomic E-state index is 13.4. The molecule has 3 atom stereocenters. The molecular weight excluding hydrogens is 420 g/mol. The van der Waals surface area contributed by atoms with Crippen molar-refractivity contribution >= 4 is 17.5 Å². The van der Waals surface area contributed by atoms with Crippen LogP contribution in [0.4, 0.5) is 8.78 Å². The van der Waals surface area contributed by atoms with Crippen molar-refractivity contribution in [3.63, 3.8) is 0 Å². The van der Waals surface area contributed by atoms with Gasteiger partial charge in [0.25, 0.3) is 5.91 Å². The maximum Gasteiger partial charge on any atom is 0.263 e. The summed E-state index contributed by atoms with van der Waals surface area (Å²) < 4.78 is 32.4. The first-order valence-electron chi connectivity index (χ1n) is 10.8. The number of hydrogen-bond acceptors (Lipinski definition) is 2. The Hall–Kier alpha value is -2.14. The summed E-state index contributed by atoms with van der Waals surface area (Å²) in [5, 5.41) is 3.69. The van der Waals surface area contributed by atoms with Crippen LogP contribution in [-0.4, -0.2) is 18.1 Å². The highest BCUT2D eigenvalue weighted by atomic mass is 35.5. The summed E-state index contributed by atoms with van der Waals surface area (Å²) >= 11 is 6.03. The molecule has 31 heavy (non-hydrogen) atoms. The van der Waals surface area contributed by atoms with E-state index in [0.29, 0.717) is 24.3 Å². The minimum absolute atomic E-state index is 0.0116. The highest BCUT2D eigenvalue weighted by Gasteiger charge is 2.32. The fourth-order valence-corrected chi connectivity index (χ4v) is 4.60. The molecule has 1 fully saturated rings. The molecule has 0 aromatic heterocycles. The van der Waals surface area contributed by atoms with Gasteiger partial charge >= 0.3 is 0 Å². The summed E-state index contributed by atoms with van der Waals surface area (Å²) in [5.41, 5.74) is 0.0825. The van der Waals surface area contributed by atoms with E-state index in [9.17, 15) is 13.6 Å². The van der Waals surface area contributed by atoms with Gasteiger partial charge in [-0.2, -0.15) is 0 Å². The van der Waals surface area contributed by atoms with Crippen LogP contribution in [0.2, 0.25) is 5.02 Å². The number of carbonyl (C=O) groups is 1. The minimum atomic E-state index is -1.25. The lowest BCUT2D eigenvalue weighted by atomic mass is 9.83. The van der Waals surface area contributed by atoms with Crippen molar-refractivity contribution in [2.75, 3.05) is 6.54 Å². The first-order chi connectivity index (χ1) is 14.6. The van der Waals surface area contributed by atoms with E-state index in [1.165, 1.54) is 24.8 Å². The molecule has 1 N–H and O–H groups in total. The number of hydrogen-bond donors (Lipinski definition) is 1. The van der Waals surface area contributed by atoms with Crippen LogP contribution in [-0.2, 0) is 4.79 Å². The van der Waals surface area contributed by atoms with Gasteiger partial charge in [-0.1, -0.05) is 37.1 Å². The third-order valence-electron chi connectivity index (χ3n) is 6.03. The molecule has 0 spiro atoms. The number of carbonyl (C=O) groups excluding carboxylic acids is 1. The highest BCUT2D eigenvalue weighted by Crippen LogP contribution is 2.43. The molecule has 3 unspecified atom stereocenters. The van der Waals surface area contributed by atoms with E-state index in [1.54, 1.807) is 13.8 Å². The van der Waals surface area contributed by atoms with Crippen molar-refractivity contribution in [1.29, 1.82) is 0 Å². The standard InChI is InChI=1S/C25H30ClF2NO2/c1-16(11-18-5-4-6-23(18)17-7-9-19(26)10-8-17)15-29-24(30)25(2,3)31-22-13-20(27)12-21(28)14-22/h7-10,12-14,16,18,23H,4-6,11,15H2,1-3H3,(H,29,30).